The molecule has 9 nitrogen and oxygen atoms in total. The maximum atomic E-state index is 12.5. The minimum atomic E-state index is -1.16. The number of benzene rings is 1. The van der Waals surface area contributed by atoms with Gasteiger partial charge in [-0.05, 0) is 35.5 Å². The van der Waals surface area contributed by atoms with Gasteiger partial charge < -0.3 is 25.4 Å². The fraction of sp³-hybridized carbons (Fsp3) is 0.462. The molecule has 2 aliphatic carbocycles. The summed E-state index contributed by atoms with van der Waals surface area (Å²) < 4.78 is 1.75. The number of fused-ring (bicyclic) bond motifs is 2. The third-order valence-electron chi connectivity index (χ3n) is 7.37. The Morgan fingerprint density at radius 3 is 2.49 bits per heavy atom. The number of imidazole rings is 1. The van der Waals surface area contributed by atoms with Gasteiger partial charge in [0.05, 0.1) is 23.9 Å². The van der Waals surface area contributed by atoms with Crippen molar-refractivity contribution in [3.05, 3.63) is 47.5 Å². The van der Waals surface area contributed by atoms with E-state index in [0.29, 0.717) is 29.2 Å². The van der Waals surface area contributed by atoms with Crippen LogP contribution in [0.1, 0.15) is 50.2 Å². The number of amides is 1. The summed E-state index contributed by atoms with van der Waals surface area (Å²) in [6.07, 6.45) is -0.194. The van der Waals surface area contributed by atoms with Gasteiger partial charge in [-0.3, -0.25) is 4.79 Å². The number of aromatic nitrogens is 4. The number of anilines is 1. The Bertz CT molecular complexity index is 1360. The van der Waals surface area contributed by atoms with Crippen LogP contribution < -0.4 is 10.6 Å². The van der Waals surface area contributed by atoms with Crippen molar-refractivity contribution in [2.75, 3.05) is 19.4 Å². The lowest BCUT2D eigenvalue weighted by Gasteiger charge is -2.23. The number of rotatable bonds is 3. The Balaban J connectivity index is 1.52. The highest BCUT2D eigenvalue weighted by Crippen LogP contribution is 2.67. The van der Waals surface area contributed by atoms with E-state index in [9.17, 15) is 15.0 Å². The molecule has 0 saturated heterocycles. The molecule has 35 heavy (non-hydrogen) atoms. The molecule has 0 radical (unpaired) electrons. The summed E-state index contributed by atoms with van der Waals surface area (Å²) in [5, 5.41) is 27.3. The molecule has 2 fully saturated rings. The zero-order valence-electron chi connectivity index (χ0n) is 20.5. The van der Waals surface area contributed by atoms with E-state index in [4.69, 9.17) is 0 Å². The summed E-state index contributed by atoms with van der Waals surface area (Å²) in [6.45, 7) is 6.50. The van der Waals surface area contributed by atoms with E-state index >= 15 is 0 Å². The van der Waals surface area contributed by atoms with Crippen molar-refractivity contribution in [3.63, 3.8) is 0 Å². The van der Waals surface area contributed by atoms with Gasteiger partial charge >= 0.3 is 0 Å². The lowest BCUT2D eigenvalue weighted by atomic mass is 9.87. The van der Waals surface area contributed by atoms with Crippen molar-refractivity contribution in [3.8, 4) is 11.8 Å². The van der Waals surface area contributed by atoms with E-state index in [0.717, 1.165) is 5.56 Å². The van der Waals surface area contributed by atoms with Gasteiger partial charge in [-0.1, -0.05) is 38.8 Å². The molecule has 4 N–H and O–H groups in total. The van der Waals surface area contributed by atoms with Gasteiger partial charge in [-0.15, -0.1) is 0 Å². The van der Waals surface area contributed by atoms with Gasteiger partial charge in [-0.25, -0.2) is 15.0 Å². The molecule has 0 unspecified atom stereocenters. The minimum Gasteiger partial charge on any atom is -0.389 e. The highest BCUT2D eigenvalue weighted by atomic mass is 16.3. The molecule has 0 aliphatic heterocycles. The first-order valence-electron chi connectivity index (χ1n) is 11.7. The second-order valence-corrected chi connectivity index (χ2v) is 10.4. The van der Waals surface area contributed by atoms with Crippen LogP contribution in [0.25, 0.3) is 11.2 Å². The summed E-state index contributed by atoms with van der Waals surface area (Å²) in [4.78, 5) is 26.1. The van der Waals surface area contributed by atoms with Crippen LogP contribution >= 0.6 is 0 Å². The zero-order valence-corrected chi connectivity index (χ0v) is 20.5. The lowest BCUT2D eigenvalue weighted by molar-refractivity contribution is -0.132. The van der Waals surface area contributed by atoms with E-state index in [-0.39, 0.29) is 17.2 Å². The van der Waals surface area contributed by atoms with Gasteiger partial charge in [0, 0.05) is 25.6 Å². The van der Waals surface area contributed by atoms with Crippen LogP contribution in [0.2, 0.25) is 0 Å². The molecule has 3 aromatic rings. The van der Waals surface area contributed by atoms with Crippen molar-refractivity contribution < 1.29 is 15.0 Å². The maximum Gasteiger partial charge on any atom is 0.229 e. The van der Waals surface area contributed by atoms with E-state index in [1.54, 1.807) is 25.0 Å². The van der Waals surface area contributed by atoms with Gasteiger partial charge in [0.25, 0.3) is 0 Å². The molecule has 0 bridgehead atoms. The van der Waals surface area contributed by atoms with Crippen LogP contribution in [0.3, 0.4) is 0 Å². The van der Waals surface area contributed by atoms with Crippen LogP contribution in [0.15, 0.2) is 30.6 Å². The number of aliphatic hydroxyl groups is 2. The first kappa shape index (κ1) is 23.3. The average Bonchev–Trinajstić information content (AvgIpc) is 3.38. The van der Waals surface area contributed by atoms with Crippen molar-refractivity contribution in [1.29, 1.82) is 0 Å². The average molecular weight is 475 g/mol. The topological polar surface area (TPSA) is 125 Å². The smallest absolute Gasteiger partial charge is 0.229 e. The lowest BCUT2D eigenvalue weighted by Crippen LogP contribution is -2.41. The minimum absolute atomic E-state index is 0.0650. The zero-order chi connectivity index (χ0) is 25.1. The summed E-state index contributed by atoms with van der Waals surface area (Å²) in [5.41, 5.74) is 2.20. The Labute approximate surface area is 204 Å². The highest BCUT2D eigenvalue weighted by molar-refractivity contribution is 5.88. The van der Waals surface area contributed by atoms with E-state index in [1.165, 1.54) is 5.56 Å². The molecule has 1 amide bonds. The monoisotopic (exact) mass is 474 g/mol. The third-order valence-corrected chi connectivity index (χ3v) is 7.37. The van der Waals surface area contributed by atoms with Gasteiger partial charge in [0.2, 0.25) is 11.7 Å². The molecule has 0 spiro atoms. The number of hydrogen-bond donors (Lipinski definition) is 4. The Hall–Kier alpha value is -3.48. The van der Waals surface area contributed by atoms with Crippen LogP contribution in [0, 0.1) is 23.2 Å². The molecule has 2 aromatic heterocycles. The van der Waals surface area contributed by atoms with Crippen molar-refractivity contribution in [2.45, 2.75) is 50.9 Å². The first-order valence-corrected chi connectivity index (χ1v) is 11.7. The number of carbonyl (C=O) groups is 1. The van der Waals surface area contributed by atoms with Crippen molar-refractivity contribution >= 4 is 22.9 Å². The Morgan fingerprint density at radius 1 is 1.14 bits per heavy atom. The van der Waals surface area contributed by atoms with Gasteiger partial charge in [0.15, 0.2) is 17.0 Å². The molecule has 9 heteroatoms. The quantitative estimate of drug-likeness (QED) is 0.425. The molecule has 5 rings (SSSR count). The highest BCUT2D eigenvalue weighted by Gasteiger charge is 2.75. The summed E-state index contributed by atoms with van der Waals surface area (Å²) in [6, 6.07) is 7.58. The fourth-order valence-electron chi connectivity index (χ4n) is 5.33. The number of aliphatic hydroxyl groups excluding tert-OH is 2. The molecule has 5 atom stereocenters. The van der Waals surface area contributed by atoms with Crippen molar-refractivity contribution in [2.24, 2.45) is 11.3 Å². The molecule has 1 aromatic carbocycles. The fourth-order valence-corrected chi connectivity index (χ4v) is 5.33. The van der Waals surface area contributed by atoms with E-state index in [1.807, 2.05) is 12.1 Å². The normalized spacial score (nSPS) is 27.2. The largest absolute Gasteiger partial charge is 0.389 e. The van der Waals surface area contributed by atoms with Crippen molar-refractivity contribution in [1.82, 2.24) is 24.8 Å². The molecule has 2 aliphatic rings. The number of nitrogens with one attached hydrogen (secondary N) is 2. The second kappa shape index (κ2) is 8.04. The predicted molar refractivity (Wildman–Crippen MR) is 132 cm³/mol. The van der Waals surface area contributed by atoms with Crippen LogP contribution in [-0.4, -0.2) is 61.9 Å². The third kappa shape index (κ3) is 3.56. The number of hydrogen-bond acceptors (Lipinski definition) is 7. The standard InChI is InChI=1S/C26H30N6O3/c1-25(2,3)15-9-6-14(7-10-15)8-11-17-30-22(27-4)18-23(31-17)32(13-29-18)19-16-12-26(16,24(35)28-5)21(34)20(19)33/h6-7,9-10,13,16,19-21,33-34H,12H2,1-5H3,(H,28,35)(H,27,30,31)/t16-,19-,20+,21+,26+/m1/s1. The Kier molecular flexibility index (Phi) is 5.34. The molecular formula is C26H30N6O3. The summed E-state index contributed by atoms with van der Waals surface area (Å²) >= 11 is 0. The second-order valence-electron chi connectivity index (χ2n) is 10.4. The molecule has 2 heterocycles. The SMILES string of the molecule is CNC(=O)[C@@]12C[C@@H]1[C@@H](n1cnc3c(NC)nc(C#Cc4ccc(C(C)(C)C)cc4)nc31)[C@H](O)[C@@H]2O. The van der Waals surface area contributed by atoms with Gasteiger partial charge in [0.1, 0.15) is 6.10 Å². The predicted octanol–water partition coefficient (Wildman–Crippen LogP) is 1.59. The van der Waals surface area contributed by atoms with Crippen LogP contribution in [-0.2, 0) is 10.2 Å². The molecule has 2 saturated carbocycles. The first-order chi connectivity index (χ1) is 16.6. The maximum absolute atomic E-state index is 12.5. The number of carbonyl (C=O) groups excluding carboxylic acids is 1. The number of nitrogens with zero attached hydrogens (tertiary/aromatic N) is 4. The van der Waals surface area contributed by atoms with Crippen LogP contribution in [0.5, 0.6) is 0 Å². The van der Waals surface area contributed by atoms with Gasteiger partial charge in [-0.2, -0.15) is 0 Å². The molecule has 182 valence electrons. The van der Waals surface area contributed by atoms with Crippen LogP contribution in [0.4, 0.5) is 5.82 Å². The van der Waals surface area contributed by atoms with E-state index < -0.39 is 23.7 Å². The Morgan fingerprint density at radius 2 is 1.86 bits per heavy atom. The summed E-state index contributed by atoms with van der Waals surface area (Å²) in [7, 11) is 3.29. The summed E-state index contributed by atoms with van der Waals surface area (Å²) in [5.74, 6) is 6.52. The molecular weight excluding hydrogens is 444 g/mol. The van der Waals surface area contributed by atoms with E-state index in [2.05, 4.69) is 70.3 Å².